The number of ether oxygens (including phenoxy) is 5. The van der Waals surface area contributed by atoms with E-state index in [-0.39, 0.29) is 31.0 Å². The Morgan fingerprint density at radius 2 is 1.61 bits per heavy atom. The first-order chi connectivity index (χ1) is 23.6. The van der Waals surface area contributed by atoms with Crippen LogP contribution in [0.5, 0.6) is 5.75 Å². The Labute approximate surface area is 290 Å². The lowest BCUT2D eigenvalue weighted by molar-refractivity contribution is -0.147. The molecule has 0 radical (unpaired) electrons. The van der Waals surface area contributed by atoms with E-state index in [1.807, 2.05) is 51.1 Å². The van der Waals surface area contributed by atoms with E-state index in [0.717, 1.165) is 36.0 Å². The predicted octanol–water partition coefficient (Wildman–Crippen LogP) is 2.70. The van der Waals surface area contributed by atoms with Crippen molar-refractivity contribution >= 4 is 17.7 Å². The quantitative estimate of drug-likeness (QED) is 0.202. The molecule has 12 heteroatoms. The number of fused-ring (bicyclic) bond motifs is 2. The van der Waals surface area contributed by atoms with Crippen molar-refractivity contribution in [3.05, 3.63) is 64.7 Å². The topological polar surface area (TPSA) is 151 Å². The van der Waals surface area contributed by atoms with Crippen LogP contribution in [0.3, 0.4) is 0 Å². The van der Waals surface area contributed by atoms with Gasteiger partial charge in [-0.2, -0.15) is 0 Å². The van der Waals surface area contributed by atoms with Gasteiger partial charge in [-0.15, -0.1) is 0 Å². The van der Waals surface area contributed by atoms with Gasteiger partial charge in [-0.25, -0.2) is 0 Å². The van der Waals surface area contributed by atoms with Crippen LogP contribution >= 0.6 is 0 Å². The molecule has 2 aromatic rings. The van der Waals surface area contributed by atoms with Crippen LogP contribution in [-0.2, 0) is 52.7 Å². The van der Waals surface area contributed by atoms with Crippen LogP contribution in [0.25, 0.3) is 0 Å². The number of hydrogen-bond acceptors (Lipinski definition) is 9. The van der Waals surface area contributed by atoms with Crippen molar-refractivity contribution in [2.45, 2.75) is 71.1 Å². The Bertz CT molecular complexity index is 1380. The molecule has 4 N–H and O–H groups in total. The second kappa shape index (κ2) is 19.0. The molecule has 0 fully saturated rings. The maximum absolute atomic E-state index is 14.4. The minimum Gasteiger partial charge on any atom is -0.491 e. The molecule has 49 heavy (non-hydrogen) atoms. The van der Waals surface area contributed by atoms with E-state index in [2.05, 4.69) is 22.8 Å². The molecule has 3 amide bonds. The van der Waals surface area contributed by atoms with Crippen molar-refractivity contribution in [1.82, 2.24) is 15.5 Å². The van der Waals surface area contributed by atoms with Crippen molar-refractivity contribution < 1.29 is 38.1 Å². The third-order valence-corrected chi connectivity index (χ3v) is 8.78. The summed E-state index contributed by atoms with van der Waals surface area (Å²) < 4.78 is 27.4. The van der Waals surface area contributed by atoms with E-state index in [9.17, 15) is 14.4 Å². The number of nitrogens with zero attached hydrogens (tertiary/aromatic N) is 1. The van der Waals surface area contributed by atoms with Crippen LogP contribution in [0.1, 0.15) is 61.9 Å². The van der Waals surface area contributed by atoms with Crippen molar-refractivity contribution in [1.29, 1.82) is 0 Å². The first-order valence-electron chi connectivity index (χ1n) is 17.3. The summed E-state index contributed by atoms with van der Waals surface area (Å²) in [6.07, 6.45) is 3.13. The number of hydrogen-bond donors (Lipinski definition) is 3. The van der Waals surface area contributed by atoms with Crippen molar-refractivity contribution in [2.75, 3.05) is 66.5 Å². The molecule has 2 aliphatic rings. The predicted molar refractivity (Wildman–Crippen MR) is 185 cm³/mol. The zero-order valence-electron chi connectivity index (χ0n) is 29.5. The number of rotatable bonds is 18. The van der Waals surface area contributed by atoms with Gasteiger partial charge in [-0.05, 0) is 59.1 Å². The van der Waals surface area contributed by atoms with E-state index in [0.29, 0.717) is 65.0 Å². The van der Waals surface area contributed by atoms with E-state index >= 15 is 0 Å². The third-order valence-electron chi connectivity index (χ3n) is 8.78. The fourth-order valence-corrected chi connectivity index (χ4v) is 6.28. The Morgan fingerprint density at radius 3 is 2.31 bits per heavy atom. The number of aryl methyl sites for hydroxylation is 1. The lowest BCUT2D eigenvalue weighted by Gasteiger charge is -2.41. The summed E-state index contributed by atoms with van der Waals surface area (Å²) in [5, 5.41) is 6.14. The molecule has 0 spiro atoms. The number of amides is 3. The maximum Gasteiger partial charge on any atom is 0.246 e. The molecule has 1 aliphatic carbocycles. The Kier molecular flexibility index (Phi) is 14.8. The SMILES string of the molecule is COCC(=O)NC(C(=O)N1Cc2cc(OCCOCCOCCOCCN)ccc2CC1C(=O)N[C@@H]1CCCc2ccccc21)C(C)(C)C. The van der Waals surface area contributed by atoms with Crippen molar-refractivity contribution in [3.8, 4) is 5.75 Å². The number of benzene rings is 2. The summed E-state index contributed by atoms with van der Waals surface area (Å²) in [4.78, 5) is 42.8. The molecule has 270 valence electrons. The fraction of sp³-hybridized carbons (Fsp3) is 0.595. The average molecular weight is 683 g/mol. The highest BCUT2D eigenvalue weighted by Gasteiger charge is 2.42. The normalized spacial score (nSPS) is 17.9. The fourth-order valence-electron chi connectivity index (χ4n) is 6.28. The van der Waals surface area contributed by atoms with Gasteiger partial charge in [0.15, 0.2) is 0 Å². The van der Waals surface area contributed by atoms with Crippen LogP contribution in [0.15, 0.2) is 42.5 Å². The van der Waals surface area contributed by atoms with Gasteiger partial charge in [0.25, 0.3) is 0 Å². The standard InChI is InChI=1S/C37H54N4O8/c1-37(2,3)34(40-33(42)25-45-4)36(44)41-24-28-22-29(49-21-20-48-19-18-47-17-16-46-15-14-38)13-12-27(28)23-32(41)35(43)39-31-11-7-9-26-8-5-6-10-30(26)31/h5-6,8,10,12-13,22,31-32,34H,7,9,11,14-21,23-25,38H2,1-4H3,(H,39,43)(H,40,42)/t31-,32?,34?/m1/s1. The van der Waals surface area contributed by atoms with Gasteiger partial charge in [0.2, 0.25) is 17.7 Å². The second-order valence-corrected chi connectivity index (χ2v) is 13.5. The molecular weight excluding hydrogens is 628 g/mol. The van der Waals surface area contributed by atoms with Crippen LogP contribution < -0.4 is 21.1 Å². The van der Waals surface area contributed by atoms with Gasteiger partial charge in [-0.3, -0.25) is 14.4 Å². The zero-order valence-corrected chi connectivity index (χ0v) is 29.5. The molecule has 2 unspecified atom stereocenters. The second-order valence-electron chi connectivity index (χ2n) is 13.5. The number of nitrogens with two attached hydrogens (primary N) is 1. The highest BCUT2D eigenvalue weighted by Crippen LogP contribution is 2.33. The number of carbonyl (C=O) groups is 3. The molecule has 0 saturated heterocycles. The van der Waals surface area contributed by atoms with Gasteiger partial charge >= 0.3 is 0 Å². The molecule has 4 rings (SSSR count). The molecule has 0 bridgehead atoms. The minimum absolute atomic E-state index is 0.129. The van der Waals surface area contributed by atoms with Crippen LogP contribution in [0.4, 0.5) is 0 Å². The summed E-state index contributed by atoms with van der Waals surface area (Å²) >= 11 is 0. The van der Waals surface area contributed by atoms with Crippen molar-refractivity contribution in [3.63, 3.8) is 0 Å². The lowest BCUT2D eigenvalue weighted by atomic mass is 9.84. The monoisotopic (exact) mass is 682 g/mol. The Hall–Kier alpha value is -3.55. The van der Waals surface area contributed by atoms with Crippen LogP contribution in [0.2, 0.25) is 0 Å². The smallest absolute Gasteiger partial charge is 0.246 e. The number of methoxy groups -OCH3 is 1. The summed E-state index contributed by atoms with van der Waals surface area (Å²) in [7, 11) is 1.43. The van der Waals surface area contributed by atoms with Gasteiger partial charge < -0.3 is 45.0 Å². The minimum atomic E-state index is -0.874. The number of nitrogens with one attached hydrogen (secondary N) is 2. The molecule has 3 atom stereocenters. The largest absolute Gasteiger partial charge is 0.491 e. The molecule has 12 nitrogen and oxygen atoms in total. The van der Waals surface area contributed by atoms with Gasteiger partial charge in [0.1, 0.15) is 31.0 Å². The first kappa shape index (κ1) is 38.3. The van der Waals surface area contributed by atoms with Crippen LogP contribution in [-0.4, -0.2) is 101 Å². The van der Waals surface area contributed by atoms with E-state index in [1.54, 1.807) is 4.90 Å². The molecular formula is C37H54N4O8. The average Bonchev–Trinajstić information content (AvgIpc) is 3.08. The maximum atomic E-state index is 14.4. The highest BCUT2D eigenvalue weighted by atomic mass is 16.6. The Morgan fingerprint density at radius 1 is 0.918 bits per heavy atom. The summed E-state index contributed by atoms with van der Waals surface area (Å²) in [6.45, 7) is 9.33. The lowest BCUT2D eigenvalue weighted by Crippen LogP contribution is -2.61. The molecule has 0 aromatic heterocycles. The summed E-state index contributed by atoms with van der Waals surface area (Å²) in [5.74, 6) is -0.277. The summed E-state index contributed by atoms with van der Waals surface area (Å²) in [6, 6.07) is 12.2. The molecule has 1 aliphatic heterocycles. The number of carbonyl (C=O) groups excluding carboxylic acids is 3. The molecule has 1 heterocycles. The van der Waals surface area contributed by atoms with Gasteiger partial charge in [0, 0.05) is 26.6 Å². The van der Waals surface area contributed by atoms with Gasteiger partial charge in [0.05, 0.1) is 45.7 Å². The third kappa shape index (κ3) is 11.2. The summed E-state index contributed by atoms with van der Waals surface area (Å²) in [5.41, 5.74) is 8.99. The Balaban J connectivity index is 1.45. The van der Waals surface area contributed by atoms with Crippen molar-refractivity contribution in [2.24, 2.45) is 11.1 Å². The molecule has 2 aromatic carbocycles. The van der Waals surface area contributed by atoms with E-state index in [4.69, 9.17) is 29.4 Å². The zero-order chi connectivity index (χ0) is 35.2. The first-order valence-corrected chi connectivity index (χ1v) is 17.3. The molecule has 0 saturated carbocycles. The van der Waals surface area contributed by atoms with E-state index < -0.39 is 23.4 Å². The van der Waals surface area contributed by atoms with E-state index in [1.165, 1.54) is 12.7 Å². The van der Waals surface area contributed by atoms with Crippen LogP contribution in [0, 0.1) is 5.41 Å². The highest BCUT2D eigenvalue weighted by molar-refractivity contribution is 5.93. The van der Waals surface area contributed by atoms with Gasteiger partial charge in [-0.1, -0.05) is 51.1 Å².